The van der Waals surface area contributed by atoms with E-state index >= 15 is 0 Å². The highest BCUT2D eigenvalue weighted by Gasteiger charge is 2.19. The Labute approximate surface area is 115 Å². The SMILES string of the molecule is CNCc1cnc(OCC2CCCCN2C)nc1C. The van der Waals surface area contributed by atoms with Gasteiger partial charge < -0.3 is 15.0 Å². The summed E-state index contributed by atoms with van der Waals surface area (Å²) in [7, 11) is 4.08. The number of likely N-dealkylation sites (N-methyl/N-ethyl adjacent to an activating group) is 1. The molecule has 0 radical (unpaired) electrons. The number of likely N-dealkylation sites (tertiary alicyclic amines) is 1. The molecule has 1 aliphatic rings. The van der Waals surface area contributed by atoms with Crippen molar-refractivity contribution in [3.63, 3.8) is 0 Å². The quantitative estimate of drug-likeness (QED) is 0.870. The van der Waals surface area contributed by atoms with Crippen LogP contribution < -0.4 is 10.1 Å². The molecule has 5 heteroatoms. The third kappa shape index (κ3) is 3.88. The fourth-order valence-electron chi connectivity index (χ4n) is 2.43. The first kappa shape index (κ1) is 14.2. The normalized spacial score (nSPS) is 20.5. The van der Waals surface area contributed by atoms with Crippen LogP contribution in [0.2, 0.25) is 0 Å². The monoisotopic (exact) mass is 264 g/mol. The van der Waals surface area contributed by atoms with Crippen molar-refractivity contribution in [2.24, 2.45) is 0 Å². The highest BCUT2D eigenvalue weighted by atomic mass is 16.5. The van der Waals surface area contributed by atoms with E-state index in [0.717, 1.165) is 24.3 Å². The van der Waals surface area contributed by atoms with E-state index < -0.39 is 0 Å². The second kappa shape index (κ2) is 6.82. The van der Waals surface area contributed by atoms with Crippen LogP contribution >= 0.6 is 0 Å². The summed E-state index contributed by atoms with van der Waals surface area (Å²) in [5.74, 6) is 0. The van der Waals surface area contributed by atoms with Crippen LogP contribution in [-0.2, 0) is 6.54 Å². The van der Waals surface area contributed by atoms with E-state index in [1.807, 2.05) is 20.2 Å². The van der Waals surface area contributed by atoms with Gasteiger partial charge in [0.05, 0.1) is 0 Å². The minimum absolute atomic E-state index is 0.495. The molecule has 0 aliphatic carbocycles. The van der Waals surface area contributed by atoms with E-state index in [-0.39, 0.29) is 0 Å². The molecule has 1 N–H and O–H groups in total. The maximum atomic E-state index is 5.75. The van der Waals surface area contributed by atoms with E-state index in [1.54, 1.807) is 0 Å². The molecule has 0 amide bonds. The van der Waals surface area contributed by atoms with Gasteiger partial charge in [-0.05, 0) is 40.4 Å². The second-order valence-corrected chi connectivity index (χ2v) is 5.23. The molecule has 0 spiro atoms. The molecule has 0 saturated carbocycles. The number of nitrogens with one attached hydrogen (secondary N) is 1. The van der Waals surface area contributed by atoms with Crippen molar-refractivity contribution in [2.45, 2.75) is 38.8 Å². The molecular weight excluding hydrogens is 240 g/mol. The first-order valence-electron chi connectivity index (χ1n) is 7.01. The summed E-state index contributed by atoms with van der Waals surface area (Å²) in [5.41, 5.74) is 2.10. The highest BCUT2D eigenvalue weighted by molar-refractivity contribution is 5.17. The minimum Gasteiger partial charge on any atom is -0.462 e. The Bertz CT molecular complexity index is 410. The summed E-state index contributed by atoms with van der Waals surface area (Å²) in [6, 6.07) is 0.992. The topological polar surface area (TPSA) is 50.3 Å². The summed E-state index contributed by atoms with van der Waals surface area (Å²) < 4.78 is 5.75. The molecule has 0 aromatic carbocycles. The van der Waals surface area contributed by atoms with Gasteiger partial charge in [-0.3, -0.25) is 0 Å². The van der Waals surface area contributed by atoms with E-state index in [4.69, 9.17) is 4.74 Å². The summed E-state index contributed by atoms with van der Waals surface area (Å²) in [6.07, 6.45) is 5.63. The maximum absolute atomic E-state index is 5.75. The fourth-order valence-corrected chi connectivity index (χ4v) is 2.43. The Hall–Kier alpha value is -1.20. The first-order valence-corrected chi connectivity index (χ1v) is 7.01. The summed E-state index contributed by atoms with van der Waals surface area (Å²) in [6.45, 7) is 4.63. The highest BCUT2D eigenvalue weighted by Crippen LogP contribution is 2.16. The maximum Gasteiger partial charge on any atom is 0.316 e. The average Bonchev–Trinajstić information content (AvgIpc) is 2.41. The number of hydrogen-bond donors (Lipinski definition) is 1. The molecule has 5 nitrogen and oxygen atoms in total. The molecule has 1 unspecified atom stereocenters. The van der Waals surface area contributed by atoms with Crippen LogP contribution in [0.1, 0.15) is 30.5 Å². The molecular formula is C14H24N4O. The molecule has 1 fully saturated rings. The van der Waals surface area contributed by atoms with Crippen molar-refractivity contribution in [1.29, 1.82) is 0 Å². The van der Waals surface area contributed by atoms with E-state index in [9.17, 15) is 0 Å². The Balaban J connectivity index is 1.90. The van der Waals surface area contributed by atoms with Gasteiger partial charge in [-0.15, -0.1) is 0 Å². The molecule has 1 atom stereocenters. The van der Waals surface area contributed by atoms with Crippen LogP contribution in [0.5, 0.6) is 6.01 Å². The number of ether oxygens (including phenoxy) is 1. The van der Waals surface area contributed by atoms with Crippen LogP contribution in [-0.4, -0.2) is 48.2 Å². The predicted octanol–water partition coefficient (Wildman–Crippen LogP) is 1.37. The number of hydrogen-bond acceptors (Lipinski definition) is 5. The van der Waals surface area contributed by atoms with Crippen molar-refractivity contribution in [2.75, 3.05) is 27.2 Å². The number of piperidine rings is 1. The standard InChI is InChI=1S/C14H24N4O/c1-11-12(8-15-2)9-16-14(17-11)19-10-13-6-4-5-7-18(13)3/h9,13,15H,4-8,10H2,1-3H3. The van der Waals surface area contributed by atoms with Crippen LogP contribution in [0.3, 0.4) is 0 Å². The van der Waals surface area contributed by atoms with Crippen molar-refractivity contribution >= 4 is 0 Å². The van der Waals surface area contributed by atoms with Gasteiger partial charge in [-0.2, -0.15) is 0 Å². The Morgan fingerprint density at radius 1 is 1.47 bits per heavy atom. The van der Waals surface area contributed by atoms with Gasteiger partial charge in [0.1, 0.15) is 6.61 Å². The summed E-state index contributed by atoms with van der Waals surface area (Å²) in [4.78, 5) is 11.1. The lowest BCUT2D eigenvalue weighted by Crippen LogP contribution is -2.40. The molecule has 19 heavy (non-hydrogen) atoms. The zero-order chi connectivity index (χ0) is 13.7. The molecule has 106 valence electrons. The summed E-state index contributed by atoms with van der Waals surface area (Å²) >= 11 is 0. The van der Waals surface area contributed by atoms with Crippen LogP contribution in [0.4, 0.5) is 0 Å². The van der Waals surface area contributed by atoms with Crippen LogP contribution in [0.25, 0.3) is 0 Å². The van der Waals surface area contributed by atoms with Gasteiger partial charge in [-0.1, -0.05) is 6.42 Å². The van der Waals surface area contributed by atoms with Crippen molar-refractivity contribution in [3.8, 4) is 6.01 Å². The van der Waals surface area contributed by atoms with Gasteiger partial charge in [0.2, 0.25) is 0 Å². The van der Waals surface area contributed by atoms with E-state index in [2.05, 4.69) is 27.2 Å². The fraction of sp³-hybridized carbons (Fsp3) is 0.714. The smallest absolute Gasteiger partial charge is 0.316 e. The Morgan fingerprint density at radius 2 is 2.32 bits per heavy atom. The van der Waals surface area contributed by atoms with Crippen molar-refractivity contribution < 1.29 is 4.74 Å². The lowest BCUT2D eigenvalue weighted by molar-refractivity contribution is 0.119. The number of aromatic nitrogens is 2. The predicted molar refractivity (Wildman–Crippen MR) is 75.3 cm³/mol. The molecule has 1 aliphatic heterocycles. The lowest BCUT2D eigenvalue weighted by Gasteiger charge is -2.31. The molecule has 2 rings (SSSR count). The first-order chi connectivity index (χ1) is 9.20. The van der Waals surface area contributed by atoms with Crippen molar-refractivity contribution in [1.82, 2.24) is 20.2 Å². The van der Waals surface area contributed by atoms with E-state index in [1.165, 1.54) is 19.3 Å². The number of aryl methyl sites for hydroxylation is 1. The Morgan fingerprint density at radius 3 is 3.00 bits per heavy atom. The van der Waals surface area contributed by atoms with Crippen molar-refractivity contribution in [3.05, 3.63) is 17.5 Å². The lowest BCUT2D eigenvalue weighted by atomic mass is 10.0. The largest absolute Gasteiger partial charge is 0.462 e. The van der Waals surface area contributed by atoms with Gasteiger partial charge in [0.15, 0.2) is 0 Å². The third-order valence-electron chi connectivity index (χ3n) is 3.75. The third-order valence-corrected chi connectivity index (χ3v) is 3.75. The molecule has 1 aromatic heterocycles. The zero-order valence-corrected chi connectivity index (χ0v) is 12.1. The van der Waals surface area contributed by atoms with Crippen LogP contribution in [0.15, 0.2) is 6.20 Å². The zero-order valence-electron chi connectivity index (χ0n) is 12.1. The van der Waals surface area contributed by atoms with Gasteiger partial charge in [-0.25, -0.2) is 9.97 Å². The molecule has 2 heterocycles. The minimum atomic E-state index is 0.495. The molecule has 1 aromatic rings. The number of rotatable bonds is 5. The second-order valence-electron chi connectivity index (χ2n) is 5.23. The van der Waals surface area contributed by atoms with Gasteiger partial charge in [0.25, 0.3) is 0 Å². The van der Waals surface area contributed by atoms with Gasteiger partial charge in [0, 0.05) is 30.0 Å². The average molecular weight is 264 g/mol. The van der Waals surface area contributed by atoms with E-state index in [0.29, 0.717) is 18.7 Å². The number of nitrogens with zero attached hydrogens (tertiary/aromatic N) is 3. The van der Waals surface area contributed by atoms with Gasteiger partial charge >= 0.3 is 6.01 Å². The van der Waals surface area contributed by atoms with Crippen LogP contribution in [0, 0.1) is 6.92 Å². The molecule has 0 bridgehead atoms. The molecule has 1 saturated heterocycles. The Kier molecular flexibility index (Phi) is 5.10. The summed E-state index contributed by atoms with van der Waals surface area (Å²) in [5, 5.41) is 3.11.